The number of hydrogen-bond acceptors (Lipinski definition) is 4. The molecule has 0 amide bonds. The number of nitro groups is 1. The van der Waals surface area contributed by atoms with Gasteiger partial charge in [0.05, 0.1) is 0 Å². The fourth-order valence-corrected chi connectivity index (χ4v) is 3.14. The average Bonchev–Trinajstić information content (AvgIpc) is 2.35. The van der Waals surface area contributed by atoms with Gasteiger partial charge in [-0.05, 0) is 36.3 Å². The summed E-state index contributed by atoms with van der Waals surface area (Å²) < 4.78 is 0.837. The summed E-state index contributed by atoms with van der Waals surface area (Å²) in [4.78, 5) is 35.3. The zero-order chi connectivity index (χ0) is 16.5. The molecule has 0 saturated heterocycles. The molecule has 0 spiro atoms. The van der Waals surface area contributed by atoms with Crippen LogP contribution < -0.4 is 51.4 Å². The van der Waals surface area contributed by atoms with E-state index >= 15 is 0 Å². The first-order valence-electron chi connectivity index (χ1n) is 7.00. The molecule has 5 nitrogen and oxygen atoms in total. The van der Waals surface area contributed by atoms with E-state index in [1.165, 1.54) is 0 Å². The van der Waals surface area contributed by atoms with Crippen LogP contribution in [0.1, 0.15) is 38.2 Å². The van der Waals surface area contributed by atoms with Gasteiger partial charge >= 0.3 is 51.4 Å². The maximum Gasteiger partial charge on any atom is 1.00 e. The van der Waals surface area contributed by atoms with Gasteiger partial charge in [0, 0.05) is 21.0 Å². The van der Waals surface area contributed by atoms with Gasteiger partial charge in [-0.15, -0.1) is 0 Å². The Balaban J connectivity index is 0.00000264. The molecule has 1 saturated carbocycles. The minimum Gasteiger partial charge on any atom is -0.334 e. The Morgan fingerprint density at radius 3 is 2.13 bits per heavy atom. The van der Waals surface area contributed by atoms with Crippen molar-refractivity contribution >= 4 is 27.5 Å². The Hall–Kier alpha value is -0.0536. The summed E-state index contributed by atoms with van der Waals surface area (Å²) in [7, 11) is 0. The molecule has 0 bridgehead atoms. The van der Waals surface area contributed by atoms with Crippen molar-refractivity contribution < 1.29 is 65.9 Å². The monoisotopic (exact) mass is 405 g/mol. The van der Waals surface area contributed by atoms with Crippen LogP contribution in [-0.4, -0.2) is 23.0 Å². The van der Waals surface area contributed by atoms with E-state index in [4.69, 9.17) is 0 Å². The van der Waals surface area contributed by atoms with Crippen LogP contribution in [0.4, 0.5) is 0 Å². The molecule has 0 aliphatic heterocycles. The van der Waals surface area contributed by atoms with Crippen molar-refractivity contribution in [2.45, 2.75) is 32.6 Å². The molecule has 23 heavy (non-hydrogen) atoms. The number of nitrogens with zero attached hydrogens (tertiary/aromatic N) is 1. The van der Waals surface area contributed by atoms with Gasteiger partial charge < -0.3 is 9.59 Å². The number of hydrogen-bond donors (Lipinski definition) is 0. The van der Waals surface area contributed by atoms with Crippen LogP contribution >= 0.6 is 15.9 Å². The van der Waals surface area contributed by atoms with E-state index in [1.807, 2.05) is 13.8 Å². The molecule has 0 radical (unpaired) electrons. The van der Waals surface area contributed by atoms with Crippen LogP contribution in [-0.2, 0) is 9.59 Å². The van der Waals surface area contributed by atoms with Gasteiger partial charge in [-0.2, -0.15) is 0 Å². The molecular formula is C16H17BrKNO4. The molecule has 0 aromatic heterocycles. The van der Waals surface area contributed by atoms with Gasteiger partial charge in [0.15, 0.2) is 6.54 Å². The zero-order valence-electron chi connectivity index (χ0n) is 13.5. The van der Waals surface area contributed by atoms with Crippen molar-refractivity contribution in [3.63, 3.8) is 0 Å². The molecule has 1 aromatic carbocycles. The molecule has 1 aromatic rings. The average molecular weight is 406 g/mol. The van der Waals surface area contributed by atoms with Crippen LogP contribution in [0.3, 0.4) is 0 Å². The number of rotatable bonds is 4. The molecule has 1 unspecified atom stereocenters. The molecule has 1 fully saturated rings. The SMILES string of the molecule is CC1(C)CC(=O)[C-](C(C[N+](=O)[O-])c2ccc(Br)cc2)C(=O)C1.[K+]. The first kappa shape index (κ1) is 21.0. The second-order valence-corrected chi connectivity index (χ2v) is 7.31. The van der Waals surface area contributed by atoms with Crippen molar-refractivity contribution in [1.82, 2.24) is 0 Å². The second-order valence-electron chi connectivity index (χ2n) is 6.40. The summed E-state index contributed by atoms with van der Waals surface area (Å²) in [6.45, 7) is 3.28. The van der Waals surface area contributed by atoms with Crippen molar-refractivity contribution in [3.8, 4) is 0 Å². The summed E-state index contributed by atoms with van der Waals surface area (Å²) in [5.41, 5.74) is 0.243. The normalized spacial score (nSPS) is 18.3. The van der Waals surface area contributed by atoms with Crippen molar-refractivity contribution in [1.29, 1.82) is 0 Å². The third kappa shape index (κ3) is 5.47. The fourth-order valence-electron chi connectivity index (χ4n) is 2.87. The topological polar surface area (TPSA) is 77.3 Å². The number of Topliss-reactive ketones (excluding diaryl/α,β-unsaturated/α-hetero) is 2. The van der Waals surface area contributed by atoms with Crippen molar-refractivity contribution in [2.75, 3.05) is 6.54 Å². The van der Waals surface area contributed by atoms with Crippen molar-refractivity contribution in [2.24, 2.45) is 5.41 Å². The minimum absolute atomic E-state index is 0. The van der Waals surface area contributed by atoms with E-state index in [1.54, 1.807) is 24.3 Å². The van der Waals surface area contributed by atoms with Crippen molar-refractivity contribution in [3.05, 3.63) is 50.3 Å². The fraction of sp³-hybridized carbons (Fsp3) is 0.438. The third-order valence-corrected chi connectivity index (χ3v) is 4.36. The predicted octanol–water partition coefficient (Wildman–Crippen LogP) is 0.346. The van der Waals surface area contributed by atoms with Crippen LogP contribution in [0.15, 0.2) is 28.7 Å². The second kappa shape index (κ2) is 8.36. The predicted molar refractivity (Wildman–Crippen MR) is 85.0 cm³/mol. The molecule has 0 N–H and O–H groups in total. The van der Waals surface area contributed by atoms with E-state index in [0.717, 1.165) is 4.47 Å². The Kier molecular flexibility index (Phi) is 7.63. The van der Waals surface area contributed by atoms with Gasteiger partial charge in [-0.3, -0.25) is 10.1 Å². The molecule has 1 aliphatic carbocycles. The smallest absolute Gasteiger partial charge is 0.334 e. The number of ketones is 2. The number of halogens is 1. The molecule has 1 atom stereocenters. The summed E-state index contributed by atoms with van der Waals surface area (Å²) in [6.07, 6.45) is 0.498. The summed E-state index contributed by atoms with van der Waals surface area (Å²) >= 11 is 3.31. The molecule has 2 rings (SSSR count). The molecule has 7 heteroatoms. The first-order chi connectivity index (χ1) is 10.2. The zero-order valence-corrected chi connectivity index (χ0v) is 18.2. The van der Waals surface area contributed by atoms with E-state index in [9.17, 15) is 19.7 Å². The Morgan fingerprint density at radius 2 is 1.70 bits per heavy atom. The Morgan fingerprint density at radius 1 is 1.22 bits per heavy atom. The standard InChI is InChI=1S/C16H17BrNO4.K/c1-16(2)7-13(19)15(14(20)8-16)12(9-18(21)22)10-3-5-11(17)6-4-10;/h3-6,12H,7-9H2,1-2H3;/q-1;+1. The van der Waals surface area contributed by atoms with Gasteiger partial charge in [0.2, 0.25) is 0 Å². The largest absolute Gasteiger partial charge is 1.00 e. The van der Waals surface area contributed by atoms with E-state index in [0.29, 0.717) is 5.56 Å². The number of carbonyl (C=O) groups is 2. The molecule has 0 heterocycles. The van der Waals surface area contributed by atoms with Crippen LogP contribution in [0, 0.1) is 21.4 Å². The first-order valence-corrected chi connectivity index (χ1v) is 7.79. The summed E-state index contributed by atoms with van der Waals surface area (Å²) in [5, 5.41) is 11.0. The molecular weight excluding hydrogens is 389 g/mol. The third-order valence-electron chi connectivity index (χ3n) is 3.83. The molecule has 118 valence electrons. The van der Waals surface area contributed by atoms with Gasteiger partial charge in [-0.1, -0.05) is 47.5 Å². The summed E-state index contributed by atoms with van der Waals surface area (Å²) in [6, 6.07) is 6.94. The van der Waals surface area contributed by atoms with Gasteiger partial charge in [0.25, 0.3) is 0 Å². The quantitative estimate of drug-likeness (QED) is 0.313. The van der Waals surface area contributed by atoms with Crippen LogP contribution in [0.2, 0.25) is 0 Å². The molecule has 1 aliphatic rings. The minimum atomic E-state index is -0.779. The Bertz CT molecular complexity index is 595. The number of benzene rings is 1. The van der Waals surface area contributed by atoms with Crippen LogP contribution in [0.25, 0.3) is 0 Å². The maximum absolute atomic E-state index is 12.4. The van der Waals surface area contributed by atoms with E-state index < -0.39 is 17.4 Å². The Labute approximate surface area is 186 Å². The van der Waals surface area contributed by atoms with E-state index in [-0.39, 0.29) is 87.1 Å². The van der Waals surface area contributed by atoms with Crippen LogP contribution in [0.5, 0.6) is 0 Å². The number of carbonyl (C=O) groups excluding carboxylic acids is 2. The van der Waals surface area contributed by atoms with Gasteiger partial charge in [-0.25, -0.2) is 5.92 Å². The van der Waals surface area contributed by atoms with Gasteiger partial charge in [0.1, 0.15) is 0 Å². The maximum atomic E-state index is 12.4. The summed E-state index contributed by atoms with van der Waals surface area (Å²) in [5.74, 6) is -1.23. The van der Waals surface area contributed by atoms with E-state index in [2.05, 4.69) is 15.9 Å².